The lowest BCUT2D eigenvalue weighted by Gasteiger charge is -2.19. The average molecular weight is 389 g/mol. The van der Waals surface area contributed by atoms with Gasteiger partial charge in [-0.15, -0.1) is 0 Å². The summed E-state index contributed by atoms with van der Waals surface area (Å²) in [7, 11) is -3.84. The zero-order valence-electron chi connectivity index (χ0n) is 13.9. The number of hydroxylamine groups is 1. The number of hydrogen-bond acceptors (Lipinski definition) is 6. The van der Waals surface area contributed by atoms with Crippen LogP contribution in [0.4, 0.5) is 11.4 Å². The predicted octanol–water partition coefficient (Wildman–Crippen LogP) is 1.86. The number of hydrogen-bond donors (Lipinski definition) is 2. The van der Waals surface area contributed by atoms with Gasteiger partial charge in [0.05, 0.1) is 15.5 Å². The lowest BCUT2D eigenvalue weighted by molar-refractivity contribution is -0.384. The second kappa shape index (κ2) is 7.17. The molecule has 0 spiro atoms. The van der Waals surface area contributed by atoms with Crippen LogP contribution in [0.5, 0.6) is 0 Å². The maximum atomic E-state index is 12.9. The molecule has 2 aromatic rings. The van der Waals surface area contributed by atoms with Crippen molar-refractivity contribution in [2.45, 2.75) is 11.3 Å². The Kier molecular flexibility index (Phi) is 4.93. The molecule has 0 saturated carbocycles. The topological polar surface area (TPSA) is 130 Å². The van der Waals surface area contributed by atoms with Crippen molar-refractivity contribution >= 4 is 33.4 Å². The lowest BCUT2D eigenvalue weighted by atomic mass is 10.1. The molecule has 1 aliphatic rings. The Morgan fingerprint density at radius 2 is 1.93 bits per heavy atom. The molecular weight excluding hydrogens is 374 g/mol. The van der Waals surface area contributed by atoms with E-state index in [1.54, 1.807) is 18.2 Å². The number of benzene rings is 2. The average Bonchev–Trinajstić information content (AvgIpc) is 3.10. The zero-order valence-corrected chi connectivity index (χ0v) is 14.7. The summed E-state index contributed by atoms with van der Waals surface area (Å²) in [4.78, 5) is 21.2. The predicted molar refractivity (Wildman–Crippen MR) is 96.7 cm³/mol. The zero-order chi connectivity index (χ0) is 19.6. The molecule has 1 amide bonds. The molecule has 0 aromatic heterocycles. The molecule has 0 unspecified atom stereocenters. The molecule has 0 fully saturated rings. The summed E-state index contributed by atoms with van der Waals surface area (Å²) in [6.07, 6.45) is 3.15. The molecule has 0 atom stereocenters. The van der Waals surface area contributed by atoms with Gasteiger partial charge in [0.15, 0.2) is 0 Å². The van der Waals surface area contributed by atoms with Gasteiger partial charge < -0.3 is 0 Å². The Bertz CT molecular complexity index is 1030. The number of rotatable bonds is 5. The van der Waals surface area contributed by atoms with Crippen LogP contribution < -0.4 is 9.79 Å². The number of nitrogens with zero attached hydrogens (tertiary/aromatic N) is 2. The van der Waals surface area contributed by atoms with Crippen LogP contribution in [-0.4, -0.2) is 31.0 Å². The molecule has 0 saturated heterocycles. The molecule has 0 bridgehead atoms. The smallest absolute Gasteiger partial charge is 0.269 e. The maximum Gasteiger partial charge on any atom is 0.269 e. The highest BCUT2D eigenvalue weighted by molar-refractivity contribution is 7.92. The Morgan fingerprint density at radius 3 is 2.56 bits per heavy atom. The van der Waals surface area contributed by atoms with Crippen LogP contribution in [0.25, 0.3) is 6.08 Å². The van der Waals surface area contributed by atoms with Gasteiger partial charge in [-0.2, -0.15) is 0 Å². The normalized spacial score (nSPS) is 13.6. The third-order valence-electron chi connectivity index (χ3n) is 4.13. The molecule has 1 heterocycles. The fourth-order valence-corrected chi connectivity index (χ4v) is 4.32. The Morgan fingerprint density at radius 1 is 1.22 bits per heavy atom. The second-order valence-electron chi connectivity index (χ2n) is 5.78. The Hall–Kier alpha value is -3.24. The molecule has 0 radical (unpaired) electrons. The second-order valence-corrected chi connectivity index (χ2v) is 7.64. The van der Waals surface area contributed by atoms with E-state index in [2.05, 4.69) is 0 Å². The van der Waals surface area contributed by atoms with E-state index in [4.69, 9.17) is 5.21 Å². The third-order valence-corrected chi connectivity index (χ3v) is 5.96. The third kappa shape index (κ3) is 3.66. The minimum atomic E-state index is -3.84. The van der Waals surface area contributed by atoms with Gasteiger partial charge in [-0.1, -0.05) is 6.07 Å². The number of fused-ring (bicyclic) bond motifs is 1. The summed E-state index contributed by atoms with van der Waals surface area (Å²) in [5.74, 6) is -0.669. The standard InChI is InChI=1S/C17H15N3O6S/c21-17(18-22)8-2-12-1-7-16-13(11-12)9-10-19(16)27(25,26)15-5-3-14(4-6-15)20(23)24/h1-8,11,22H,9-10H2,(H,18,21). The molecule has 2 aromatic carbocycles. The SMILES string of the molecule is O=C(C=Cc1ccc2c(c1)CCN2S(=O)(=O)c1ccc([N+](=O)[O-])cc1)NO. The van der Waals surface area contributed by atoms with Crippen molar-refractivity contribution in [2.75, 3.05) is 10.8 Å². The number of carbonyl (C=O) groups is 1. The molecule has 140 valence electrons. The number of non-ortho nitro benzene ring substituents is 1. The van der Waals surface area contributed by atoms with Gasteiger partial charge >= 0.3 is 0 Å². The van der Waals surface area contributed by atoms with Crippen LogP contribution in [0.2, 0.25) is 0 Å². The van der Waals surface area contributed by atoms with E-state index >= 15 is 0 Å². The highest BCUT2D eigenvalue weighted by Crippen LogP contribution is 2.34. The molecule has 3 rings (SSSR count). The van der Waals surface area contributed by atoms with Gasteiger partial charge in [-0.25, -0.2) is 13.9 Å². The summed E-state index contributed by atoms with van der Waals surface area (Å²) in [6, 6.07) is 9.81. The molecule has 10 heteroatoms. The summed E-state index contributed by atoms with van der Waals surface area (Å²) >= 11 is 0. The molecule has 1 aliphatic heterocycles. The van der Waals surface area contributed by atoms with Crippen LogP contribution in [0.1, 0.15) is 11.1 Å². The maximum absolute atomic E-state index is 12.9. The van der Waals surface area contributed by atoms with Crippen LogP contribution in [-0.2, 0) is 21.2 Å². The first-order valence-corrected chi connectivity index (χ1v) is 9.29. The number of anilines is 1. The molecule has 0 aliphatic carbocycles. The molecule has 9 nitrogen and oxygen atoms in total. The van der Waals surface area contributed by atoms with Crippen LogP contribution in [0, 0.1) is 10.1 Å². The molecular formula is C17H15N3O6S. The number of amides is 1. The van der Waals surface area contributed by atoms with Crippen molar-refractivity contribution in [3.8, 4) is 0 Å². The van der Waals surface area contributed by atoms with E-state index in [-0.39, 0.29) is 17.1 Å². The highest BCUT2D eigenvalue weighted by atomic mass is 32.2. The van der Waals surface area contributed by atoms with E-state index in [0.717, 1.165) is 23.8 Å². The van der Waals surface area contributed by atoms with Gasteiger partial charge in [-0.05, 0) is 47.9 Å². The van der Waals surface area contributed by atoms with Crippen molar-refractivity contribution < 1.29 is 23.3 Å². The highest BCUT2D eigenvalue weighted by Gasteiger charge is 2.31. The Balaban J connectivity index is 1.89. The van der Waals surface area contributed by atoms with Gasteiger partial charge in [0.25, 0.3) is 21.6 Å². The van der Waals surface area contributed by atoms with Gasteiger partial charge in [0, 0.05) is 24.8 Å². The quantitative estimate of drug-likeness (QED) is 0.347. The van der Waals surface area contributed by atoms with E-state index in [1.807, 2.05) is 0 Å². The van der Waals surface area contributed by atoms with Gasteiger partial charge in [-0.3, -0.25) is 24.4 Å². The van der Waals surface area contributed by atoms with Crippen molar-refractivity contribution in [2.24, 2.45) is 0 Å². The van der Waals surface area contributed by atoms with Gasteiger partial charge in [0.1, 0.15) is 0 Å². The van der Waals surface area contributed by atoms with Crippen LogP contribution >= 0.6 is 0 Å². The fourth-order valence-electron chi connectivity index (χ4n) is 2.82. The Labute approximate surface area is 154 Å². The summed E-state index contributed by atoms with van der Waals surface area (Å²) < 4.78 is 27.0. The monoisotopic (exact) mass is 389 g/mol. The van der Waals surface area contributed by atoms with E-state index < -0.39 is 20.9 Å². The van der Waals surface area contributed by atoms with E-state index in [1.165, 1.54) is 28.0 Å². The summed E-state index contributed by atoms with van der Waals surface area (Å²) in [5, 5.41) is 19.2. The van der Waals surface area contributed by atoms with E-state index in [9.17, 15) is 23.3 Å². The molecule has 2 N–H and O–H groups in total. The molecule has 27 heavy (non-hydrogen) atoms. The first-order valence-electron chi connectivity index (χ1n) is 7.85. The van der Waals surface area contributed by atoms with Crippen LogP contribution in [0.3, 0.4) is 0 Å². The lowest BCUT2D eigenvalue weighted by Crippen LogP contribution is -2.29. The largest absolute Gasteiger partial charge is 0.288 e. The number of nitro groups is 1. The first kappa shape index (κ1) is 18.5. The van der Waals surface area contributed by atoms with Crippen molar-refractivity contribution in [1.82, 2.24) is 5.48 Å². The number of nitrogens with one attached hydrogen (secondary N) is 1. The fraction of sp³-hybridized carbons (Fsp3) is 0.118. The van der Waals surface area contributed by atoms with E-state index in [0.29, 0.717) is 17.7 Å². The van der Waals surface area contributed by atoms with Crippen molar-refractivity contribution in [3.05, 3.63) is 69.8 Å². The van der Waals surface area contributed by atoms with Gasteiger partial charge in [0.2, 0.25) is 0 Å². The number of sulfonamides is 1. The summed E-state index contributed by atoms with van der Waals surface area (Å²) in [6.45, 7) is 0.249. The summed E-state index contributed by atoms with van der Waals surface area (Å²) in [5.41, 5.74) is 3.32. The first-order chi connectivity index (χ1) is 12.8. The minimum Gasteiger partial charge on any atom is -0.288 e. The number of nitro benzene ring substituents is 1. The van der Waals surface area contributed by atoms with Crippen molar-refractivity contribution in [3.63, 3.8) is 0 Å². The number of carbonyl (C=O) groups excluding carboxylic acids is 1. The minimum absolute atomic E-state index is 0.0236. The van der Waals surface area contributed by atoms with Crippen LogP contribution in [0.15, 0.2) is 53.4 Å². The van der Waals surface area contributed by atoms with Crippen molar-refractivity contribution in [1.29, 1.82) is 0 Å².